The molecule has 4 rings (SSSR count). The van der Waals surface area contributed by atoms with Gasteiger partial charge in [0.05, 0.1) is 23.5 Å². The molecule has 1 aliphatic rings. The summed E-state index contributed by atoms with van der Waals surface area (Å²) < 4.78 is 3.52. The number of halogens is 1. The Morgan fingerprint density at radius 2 is 2.04 bits per heavy atom. The number of hydrogen-bond acceptors (Lipinski definition) is 3. The Morgan fingerprint density at radius 1 is 1.27 bits per heavy atom. The first-order valence-corrected chi connectivity index (χ1v) is 9.07. The number of carbonyl (C=O) groups is 1. The number of anilines is 1. The van der Waals surface area contributed by atoms with Crippen molar-refractivity contribution in [1.82, 2.24) is 19.6 Å². The second-order valence-electron chi connectivity index (χ2n) is 6.67. The predicted octanol–water partition coefficient (Wildman–Crippen LogP) is 3.49. The van der Waals surface area contributed by atoms with Crippen molar-refractivity contribution in [3.8, 4) is 5.69 Å². The highest BCUT2D eigenvalue weighted by Crippen LogP contribution is 2.32. The fraction of sp³-hybridized carbons (Fsp3) is 0.316. The van der Waals surface area contributed by atoms with E-state index in [1.807, 2.05) is 49.1 Å². The van der Waals surface area contributed by atoms with Gasteiger partial charge in [-0.2, -0.15) is 10.2 Å². The van der Waals surface area contributed by atoms with Crippen molar-refractivity contribution >= 4 is 23.3 Å². The Balaban J connectivity index is 1.67. The van der Waals surface area contributed by atoms with Gasteiger partial charge in [0.1, 0.15) is 5.82 Å². The maximum absolute atomic E-state index is 12.8. The zero-order valence-corrected chi connectivity index (χ0v) is 15.5. The summed E-state index contributed by atoms with van der Waals surface area (Å²) in [5, 5.41) is 12.7. The summed E-state index contributed by atoms with van der Waals surface area (Å²) in [6.07, 6.45) is 6.53. The first-order valence-electron chi connectivity index (χ1n) is 8.69. The van der Waals surface area contributed by atoms with Crippen molar-refractivity contribution in [2.24, 2.45) is 7.05 Å². The lowest BCUT2D eigenvalue weighted by atomic mass is 10.0. The Morgan fingerprint density at radius 3 is 2.73 bits per heavy atom. The zero-order valence-electron chi connectivity index (χ0n) is 14.7. The molecule has 1 atom stereocenters. The maximum atomic E-state index is 12.8. The molecule has 7 heteroatoms. The third-order valence-electron chi connectivity index (χ3n) is 4.84. The number of benzene rings is 1. The van der Waals surface area contributed by atoms with Gasteiger partial charge in [-0.15, -0.1) is 0 Å². The van der Waals surface area contributed by atoms with Gasteiger partial charge >= 0.3 is 0 Å². The summed E-state index contributed by atoms with van der Waals surface area (Å²) in [7, 11) is 1.84. The van der Waals surface area contributed by atoms with Crippen molar-refractivity contribution in [2.45, 2.75) is 32.1 Å². The van der Waals surface area contributed by atoms with E-state index >= 15 is 0 Å². The number of rotatable bonds is 4. The van der Waals surface area contributed by atoms with E-state index in [0.717, 1.165) is 47.6 Å². The molecule has 26 heavy (non-hydrogen) atoms. The second kappa shape index (κ2) is 6.61. The lowest BCUT2D eigenvalue weighted by Crippen LogP contribution is -2.21. The molecular weight excluding hydrogens is 350 g/mol. The van der Waals surface area contributed by atoms with Gasteiger partial charge in [-0.25, -0.2) is 4.68 Å². The minimum atomic E-state index is -0.297. The average Bonchev–Trinajstić information content (AvgIpc) is 3.32. The van der Waals surface area contributed by atoms with Crippen LogP contribution in [0.3, 0.4) is 0 Å². The van der Waals surface area contributed by atoms with Crippen molar-refractivity contribution in [3.63, 3.8) is 0 Å². The van der Waals surface area contributed by atoms with Gasteiger partial charge in [0, 0.05) is 29.4 Å². The van der Waals surface area contributed by atoms with Crippen molar-refractivity contribution in [3.05, 3.63) is 58.5 Å². The zero-order chi connectivity index (χ0) is 18.3. The van der Waals surface area contributed by atoms with Gasteiger partial charge < -0.3 is 5.32 Å². The van der Waals surface area contributed by atoms with E-state index in [4.69, 9.17) is 16.7 Å². The lowest BCUT2D eigenvalue weighted by molar-refractivity contribution is -0.117. The van der Waals surface area contributed by atoms with Crippen LogP contribution in [0.5, 0.6) is 0 Å². The van der Waals surface area contributed by atoms with Gasteiger partial charge in [0.25, 0.3) is 0 Å². The summed E-state index contributed by atoms with van der Waals surface area (Å²) in [5.74, 6) is 0.401. The molecular formula is C19H20ClN5O. The largest absolute Gasteiger partial charge is 0.310 e. The van der Waals surface area contributed by atoms with E-state index in [1.165, 1.54) is 0 Å². The molecule has 0 spiro atoms. The Labute approximate surface area is 156 Å². The number of aromatic nitrogens is 4. The van der Waals surface area contributed by atoms with E-state index in [9.17, 15) is 4.79 Å². The van der Waals surface area contributed by atoms with E-state index in [0.29, 0.717) is 5.02 Å². The minimum absolute atomic E-state index is 0.0668. The normalized spacial score (nSPS) is 14.3. The van der Waals surface area contributed by atoms with Gasteiger partial charge in [0.15, 0.2) is 0 Å². The minimum Gasteiger partial charge on any atom is -0.310 e. The summed E-state index contributed by atoms with van der Waals surface area (Å²) in [6, 6.07) is 7.47. The summed E-state index contributed by atoms with van der Waals surface area (Å²) in [4.78, 5) is 12.8. The maximum Gasteiger partial charge on any atom is 0.232 e. The van der Waals surface area contributed by atoms with Gasteiger partial charge in [-0.3, -0.25) is 9.48 Å². The molecule has 1 N–H and O–H groups in total. The van der Waals surface area contributed by atoms with Gasteiger partial charge in [-0.1, -0.05) is 11.6 Å². The monoisotopic (exact) mass is 369 g/mol. The molecule has 0 radical (unpaired) electrons. The Kier molecular flexibility index (Phi) is 4.28. The highest BCUT2D eigenvalue weighted by molar-refractivity contribution is 6.30. The smallest absolute Gasteiger partial charge is 0.232 e. The quantitative estimate of drug-likeness (QED) is 0.765. The Hall–Kier alpha value is -2.60. The number of amides is 1. The average molecular weight is 370 g/mol. The highest BCUT2D eigenvalue weighted by atomic mass is 35.5. The molecule has 1 amide bonds. The summed E-state index contributed by atoms with van der Waals surface area (Å²) in [6.45, 7) is 1.88. The van der Waals surface area contributed by atoms with Gasteiger partial charge in [-0.05, 0) is 50.5 Å². The molecule has 0 aliphatic heterocycles. The van der Waals surface area contributed by atoms with E-state index in [1.54, 1.807) is 10.9 Å². The number of fused-ring (bicyclic) bond motifs is 1. The first-order chi connectivity index (χ1) is 12.5. The molecule has 0 saturated carbocycles. The SMILES string of the molecule is CC(C(=O)Nc1c2c(nn1-c1ccc(Cl)cc1)CCC2)c1cnn(C)c1. The van der Waals surface area contributed by atoms with Crippen LogP contribution in [0, 0.1) is 0 Å². The van der Waals surface area contributed by atoms with Crippen molar-refractivity contribution in [1.29, 1.82) is 0 Å². The fourth-order valence-corrected chi connectivity index (χ4v) is 3.46. The van der Waals surface area contributed by atoms with Crippen LogP contribution in [0.15, 0.2) is 36.7 Å². The first kappa shape index (κ1) is 16.8. The highest BCUT2D eigenvalue weighted by Gasteiger charge is 2.26. The lowest BCUT2D eigenvalue weighted by Gasteiger charge is -2.14. The van der Waals surface area contributed by atoms with Crippen LogP contribution in [0.4, 0.5) is 5.82 Å². The number of nitrogens with one attached hydrogen (secondary N) is 1. The molecule has 0 fully saturated rings. The van der Waals surface area contributed by atoms with Crippen molar-refractivity contribution in [2.75, 3.05) is 5.32 Å². The molecule has 0 saturated heterocycles. The van der Waals surface area contributed by atoms with Crippen molar-refractivity contribution < 1.29 is 4.79 Å². The fourth-order valence-electron chi connectivity index (χ4n) is 3.33. The summed E-state index contributed by atoms with van der Waals surface area (Å²) >= 11 is 6.00. The summed E-state index contributed by atoms with van der Waals surface area (Å²) in [5.41, 5.74) is 3.96. The second-order valence-corrected chi connectivity index (χ2v) is 7.11. The van der Waals surface area contributed by atoms with Crippen LogP contribution in [0.2, 0.25) is 5.02 Å². The Bertz CT molecular complexity index is 957. The van der Waals surface area contributed by atoms with E-state index in [-0.39, 0.29) is 11.8 Å². The molecule has 134 valence electrons. The third-order valence-corrected chi connectivity index (χ3v) is 5.09. The van der Waals surface area contributed by atoms with E-state index in [2.05, 4.69) is 10.4 Å². The van der Waals surface area contributed by atoms with Crippen LogP contribution in [-0.2, 0) is 24.7 Å². The number of hydrogen-bond donors (Lipinski definition) is 1. The molecule has 2 heterocycles. The van der Waals surface area contributed by atoms with Crippen LogP contribution in [0.1, 0.15) is 36.1 Å². The number of aryl methyl sites for hydroxylation is 2. The standard InChI is InChI=1S/C19H20ClN5O/c1-12(13-10-21-24(2)11-13)19(26)22-18-16-4-3-5-17(16)23-25(18)15-8-6-14(20)7-9-15/h6-12H,3-5H2,1-2H3,(H,22,26). The molecule has 6 nitrogen and oxygen atoms in total. The van der Waals surface area contributed by atoms with Crippen LogP contribution < -0.4 is 5.32 Å². The molecule has 1 aromatic carbocycles. The molecule has 3 aromatic rings. The molecule has 1 aliphatic carbocycles. The van der Waals surface area contributed by atoms with Gasteiger partial charge in [0.2, 0.25) is 5.91 Å². The van der Waals surface area contributed by atoms with E-state index < -0.39 is 0 Å². The topological polar surface area (TPSA) is 64.7 Å². The third kappa shape index (κ3) is 3.01. The van der Waals surface area contributed by atoms with Crippen LogP contribution in [0.25, 0.3) is 5.69 Å². The number of carbonyl (C=O) groups excluding carboxylic acids is 1. The number of nitrogens with zero attached hydrogens (tertiary/aromatic N) is 4. The van der Waals surface area contributed by atoms with Crippen LogP contribution >= 0.6 is 11.6 Å². The molecule has 1 unspecified atom stereocenters. The predicted molar refractivity (Wildman–Crippen MR) is 101 cm³/mol. The molecule has 2 aromatic heterocycles. The molecule has 0 bridgehead atoms. The van der Waals surface area contributed by atoms with Crippen LogP contribution in [-0.4, -0.2) is 25.5 Å².